The van der Waals surface area contributed by atoms with Gasteiger partial charge in [0.2, 0.25) is 0 Å². The van der Waals surface area contributed by atoms with Gasteiger partial charge in [-0.3, -0.25) is 9.59 Å². The van der Waals surface area contributed by atoms with E-state index < -0.39 is 0 Å². The highest BCUT2D eigenvalue weighted by Gasteiger charge is 2.28. The largest absolute Gasteiger partial charge is 0.350 e. The lowest BCUT2D eigenvalue weighted by atomic mass is 10.1. The Morgan fingerprint density at radius 1 is 1.28 bits per heavy atom. The van der Waals surface area contributed by atoms with Crippen molar-refractivity contribution in [3.63, 3.8) is 0 Å². The molecule has 1 unspecified atom stereocenters. The number of rotatable bonds is 6. The Kier molecular flexibility index (Phi) is 6.84. The summed E-state index contributed by atoms with van der Waals surface area (Å²) in [6.07, 6.45) is 2.27. The fourth-order valence-corrected chi connectivity index (χ4v) is 3.14. The van der Waals surface area contributed by atoms with E-state index in [0.29, 0.717) is 33.6 Å². The molecule has 0 saturated heterocycles. The highest BCUT2D eigenvalue weighted by atomic mass is 35.5. The maximum absolute atomic E-state index is 12.2. The van der Waals surface area contributed by atoms with Crippen LogP contribution in [0.1, 0.15) is 32.9 Å². The van der Waals surface area contributed by atoms with Gasteiger partial charge in [-0.2, -0.15) is 0 Å². The molecule has 2 amide bonds. The summed E-state index contributed by atoms with van der Waals surface area (Å²) in [7, 11) is 0. The molecule has 1 fully saturated rings. The molecule has 25 heavy (non-hydrogen) atoms. The number of hydrogen-bond donors (Lipinski definition) is 3. The van der Waals surface area contributed by atoms with Crippen molar-refractivity contribution in [1.82, 2.24) is 5.32 Å². The van der Waals surface area contributed by atoms with Crippen LogP contribution >= 0.6 is 35.3 Å². The summed E-state index contributed by atoms with van der Waals surface area (Å²) in [5.74, 6) is 0.0470. The molecule has 1 saturated carbocycles. The SMILES string of the molecule is Cl.NC(CNC(=O)c1ccc(Cl)c(NC(=O)c2cccs2)c1)C1CC1. The molecule has 0 bridgehead atoms. The first-order valence-corrected chi connectivity index (χ1v) is 8.98. The van der Waals surface area contributed by atoms with E-state index >= 15 is 0 Å². The highest BCUT2D eigenvalue weighted by Crippen LogP contribution is 2.31. The second kappa shape index (κ2) is 8.67. The lowest BCUT2D eigenvalue weighted by Crippen LogP contribution is -2.38. The van der Waals surface area contributed by atoms with Crippen LogP contribution in [0, 0.1) is 5.92 Å². The van der Waals surface area contributed by atoms with Gasteiger partial charge in [0.25, 0.3) is 11.8 Å². The van der Waals surface area contributed by atoms with Gasteiger partial charge in [-0.1, -0.05) is 17.7 Å². The first kappa shape index (κ1) is 19.7. The summed E-state index contributed by atoms with van der Waals surface area (Å²) in [5, 5.41) is 7.77. The predicted molar refractivity (Wildman–Crippen MR) is 104 cm³/mol. The number of anilines is 1. The van der Waals surface area contributed by atoms with Gasteiger partial charge in [-0.25, -0.2) is 0 Å². The van der Waals surface area contributed by atoms with Crippen LogP contribution < -0.4 is 16.4 Å². The molecule has 3 rings (SSSR count). The van der Waals surface area contributed by atoms with Crippen molar-refractivity contribution < 1.29 is 9.59 Å². The average Bonchev–Trinajstić information content (AvgIpc) is 3.28. The van der Waals surface area contributed by atoms with Gasteiger partial charge in [-0.05, 0) is 48.4 Å². The van der Waals surface area contributed by atoms with Crippen molar-refractivity contribution in [2.75, 3.05) is 11.9 Å². The Morgan fingerprint density at radius 3 is 2.68 bits per heavy atom. The smallest absolute Gasteiger partial charge is 0.265 e. The van der Waals surface area contributed by atoms with Crippen LogP contribution in [0.2, 0.25) is 5.02 Å². The fourth-order valence-electron chi connectivity index (χ4n) is 2.36. The minimum atomic E-state index is -0.250. The summed E-state index contributed by atoms with van der Waals surface area (Å²) in [4.78, 5) is 25.0. The first-order chi connectivity index (χ1) is 11.5. The zero-order chi connectivity index (χ0) is 17.1. The standard InChI is InChI=1S/C17H18ClN3O2S.ClH/c18-12-6-5-11(16(22)20-9-13(19)10-3-4-10)8-14(12)21-17(23)15-2-1-7-24-15;/h1-2,5-8,10,13H,3-4,9,19H2,(H,20,22)(H,21,23);1H. The number of carbonyl (C=O) groups excluding carboxylic acids is 2. The molecule has 0 aliphatic heterocycles. The third-order valence-electron chi connectivity index (χ3n) is 3.95. The van der Waals surface area contributed by atoms with E-state index in [9.17, 15) is 9.59 Å². The third-order valence-corrected chi connectivity index (χ3v) is 5.15. The number of carbonyl (C=O) groups is 2. The number of nitrogens with two attached hydrogens (primary N) is 1. The zero-order valence-electron chi connectivity index (χ0n) is 13.3. The number of hydrogen-bond acceptors (Lipinski definition) is 4. The summed E-state index contributed by atoms with van der Waals surface area (Å²) in [6.45, 7) is 0.447. The van der Waals surface area contributed by atoms with Gasteiger partial charge >= 0.3 is 0 Å². The van der Waals surface area contributed by atoms with Crippen molar-refractivity contribution in [3.8, 4) is 0 Å². The maximum atomic E-state index is 12.2. The summed E-state index contributed by atoms with van der Waals surface area (Å²) in [6, 6.07) is 8.32. The minimum Gasteiger partial charge on any atom is -0.350 e. The molecule has 1 aromatic carbocycles. The van der Waals surface area contributed by atoms with Gasteiger partial charge in [0, 0.05) is 18.2 Å². The Morgan fingerprint density at radius 2 is 2.04 bits per heavy atom. The summed E-state index contributed by atoms with van der Waals surface area (Å²) >= 11 is 7.46. The second-order valence-electron chi connectivity index (χ2n) is 5.84. The van der Waals surface area contributed by atoms with Crippen LogP contribution in [0.3, 0.4) is 0 Å². The van der Waals surface area contributed by atoms with Crippen LogP contribution in [0.5, 0.6) is 0 Å². The Balaban J connectivity index is 0.00000225. The molecule has 5 nitrogen and oxygen atoms in total. The predicted octanol–water partition coefficient (Wildman–Crippen LogP) is 3.54. The van der Waals surface area contributed by atoms with Crippen LogP contribution in [-0.4, -0.2) is 24.4 Å². The summed E-state index contributed by atoms with van der Waals surface area (Å²) < 4.78 is 0. The maximum Gasteiger partial charge on any atom is 0.265 e. The molecule has 134 valence electrons. The molecule has 4 N–H and O–H groups in total. The monoisotopic (exact) mass is 399 g/mol. The number of halogens is 2. The zero-order valence-corrected chi connectivity index (χ0v) is 15.7. The van der Waals surface area contributed by atoms with Gasteiger partial charge in [0.1, 0.15) is 0 Å². The topological polar surface area (TPSA) is 84.2 Å². The molecular weight excluding hydrogens is 381 g/mol. The Labute approximate surface area is 161 Å². The van der Waals surface area contributed by atoms with Crippen molar-refractivity contribution in [3.05, 3.63) is 51.2 Å². The Hall–Kier alpha value is -1.60. The first-order valence-electron chi connectivity index (χ1n) is 7.73. The minimum absolute atomic E-state index is 0. The molecule has 2 aromatic rings. The quantitative estimate of drug-likeness (QED) is 0.694. The van der Waals surface area contributed by atoms with E-state index in [1.807, 2.05) is 5.38 Å². The van der Waals surface area contributed by atoms with Crippen molar-refractivity contribution in [1.29, 1.82) is 0 Å². The number of nitrogens with one attached hydrogen (secondary N) is 2. The molecule has 8 heteroatoms. The molecule has 1 aliphatic rings. The Bertz CT molecular complexity index is 748. The van der Waals surface area contributed by atoms with Crippen molar-refractivity contribution in [2.24, 2.45) is 11.7 Å². The third kappa shape index (κ3) is 5.19. The summed E-state index contributed by atoms with van der Waals surface area (Å²) in [5.41, 5.74) is 6.83. The number of amides is 2. The van der Waals surface area contributed by atoms with E-state index in [1.54, 1.807) is 30.3 Å². The van der Waals surface area contributed by atoms with Gasteiger partial charge in [0.05, 0.1) is 15.6 Å². The van der Waals surface area contributed by atoms with Crippen LogP contribution in [0.15, 0.2) is 35.7 Å². The van der Waals surface area contributed by atoms with E-state index in [0.717, 1.165) is 12.8 Å². The number of thiophene rings is 1. The van der Waals surface area contributed by atoms with Crippen LogP contribution in [0.25, 0.3) is 0 Å². The van der Waals surface area contributed by atoms with E-state index in [2.05, 4.69) is 10.6 Å². The van der Waals surface area contributed by atoms with Crippen molar-refractivity contribution in [2.45, 2.75) is 18.9 Å². The van der Waals surface area contributed by atoms with Crippen LogP contribution in [-0.2, 0) is 0 Å². The van der Waals surface area contributed by atoms with Gasteiger partial charge < -0.3 is 16.4 Å². The highest BCUT2D eigenvalue weighted by molar-refractivity contribution is 7.12. The van der Waals surface area contributed by atoms with E-state index in [4.69, 9.17) is 17.3 Å². The van der Waals surface area contributed by atoms with Gasteiger partial charge in [0.15, 0.2) is 0 Å². The van der Waals surface area contributed by atoms with Crippen LogP contribution in [0.4, 0.5) is 5.69 Å². The van der Waals surface area contributed by atoms with E-state index in [-0.39, 0.29) is 30.3 Å². The molecular formula is C17H19Cl2N3O2S. The molecule has 1 atom stereocenters. The molecule has 0 radical (unpaired) electrons. The van der Waals surface area contributed by atoms with E-state index in [1.165, 1.54) is 11.3 Å². The molecule has 1 aliphatic carbocycles. The molecule has 1 heterocycles. The lowest BCUT2D eigenvalue weighted by Gasteiger charge is -2.13. The van der Waals surface area contributed by atoms with Crippen molar-refractivity contribution >= 4 is 52.8 Å². The number of benzene rings is 1. The molecule has 1 aromatic heterocycles. The second-order valence-corrected chi connectivity index (χ2v) is 7.19. The average molecular weight is 400 g/mol. The lowest BCUT2D eigenvalue weighted by molar-refractivity contribution is 0.0949. The molecule has 0 spiro atoms. The fraction of sp³-hybridized carbons (Fsp3) is 0.294. The van der Waals surface area contributed by atoms with Gasteiger partial charge in [-0.15, -0.1) is 23.7 Å². The normalized spacial score (nSPS) is 14.3.